The average molecular weight is 224 g/mol. The molecular formula is C12H20N2O2. The highest BCUT2D eigenvalue weighted by molar-refractivity contribution is 5.27. The van der Waals surface area contributed by atoms with E-state index in [1.807, 2.05) is 45.3 Å². The second-order valence-electron chi connectivity index (χ2n) is 4.04. The van der Waals surface area contributed by atoms with E-state index >= 15 is 0 Å². The van der Waals surface area contributed by atoms with Gasteiger partial charge in [0.2, 0.25) is 0 Å². The smallest absolute Gasteiger partial charge is 0.119 e. The Kier molecular flexibility index (Phi) is 5.25. The van der Waals surface area contributed by atoms with Crippen LogP contribution in [-0.4, -0.2) is 43.5 Å². The van der Waals surface area contributed by atoms with E-state index in [1.54, 1.807) is 5.01 Å². The van der Waals surface area contributed by atoms with E-state index < -0.39 is 6.10 Å². The predicted octanol–water partition coefficient (Wildman–Crippen LogP) is 0.801. The molecule has 0 saturated heterocycles. The third-order valence-corrected chi connectivity index (χ3v) is 2.08. The maximum atomic E-state index is 9.61. The van der Waals surface area contributed by atoms with Gasteiger partial charge in [-0.15, -0.1) is 0 Å². The molecule has 4 nitrogen and oxygen atoms in total. The molecule has 0 fully saturated rings. The first-order valence-corrected chi connectivity index (χ1v) is 5.36. The first kappa shape index (κ1) is 13.0. The van der Waals surface area contributed by atoms with Crippen molar-refractivity contribution in [2.45, 2.75) is 13.0 Å². The molecule has 2 N–H and O–H groups in total. The molecule has 0 aliphatic rings. The lowest BCUT2D eigenvalue weighted by atomic mass is 10.2. The lowest BCUT2D eigenvalue weighted by Gasteiger charge is -2.16. The molecule has 0 aromatic heterocycles. The number of nitrogens with zero attached hydrogens (tertiary/aromatic N) is 1. The molecule has 0 aliphatic carbocycles. The molecule has 0 radical (unpaired) electrons. The van der Waals surface area contributed by atoms with Crippen LogP contribution in [0.5, 0.6) is 5.75 Å². The van der Waals surface area contributed by atoms with Gasteiger partial charge in [-0.1, -0.05) is 12.1 Å². The van der Waals surface area contributed by atoms with E-state index in [1.165, 1.54) is 0 Å². The van der Waals surface area contributed by atoms with Crippen molar-refractivity contribution >= 4 is 0 Å². The van der Waals surface area contributed by atoms with Crippen molar-refractivity contribution in [3.05, 3.63) is 29.8 Å². The van der Waals surface area contributed by atoms with Crippen LogP contribution >= 0.6 is 0 Å². The van der Waals surface area contributed by atoms with Crippen LogP contribution in [0.25, 0.3) is 0 Å². The van der Waals surface area contributed by atoms with Crippen molar-refractivity contribution < 1.29 is 9.84 Å². The summed E-state index contributed by atoms with van der Waals surface area (Å²) in [4.78, 5) is 0. The summed E-state index contributed by atoms with van der Waals surface area (Å²) in [6, 6.07) is 7.79. The number of aliphatic hydroxyl groups is 1. The summed E-state index contributed by atoms with van der Waals surface area (Å²) in [7, 11) is 3.77. The second-order valence-corrected chi connectivity index (χ2v) is 4.04. The molecule has 0 spiro atoms. The SMILES string of the molecule is Cc1cccc(OCC(O)CNN(C)C)c1. The number of benzene rings is 1. The Labute approximate surface area is 96.8 Å². The highest BCUT2D eigenvalue weighted by Crippen LogP contribution is 2.12. The molecule has 4 heteroatoms. The van der Waals surface area contributed by atoms with Gasteiger partial charge >= 0.3 is 0 Å². The molecular weight excluding hydrogens is 204 g/mol. The summed E-state index contributed by atoms with van der Waals surface area (Å²) in [5, 5.41) is 11.4. The summed E-state index contributed by atoms with van der Waals surface area (Å²) in [6.07, 6.45) is -0.511. The van der Waals surface area contributed by atoms with Gasteiger partial charge in [0.1, 0.15) is 18.5 Å². The zero-order chi connectivity index (χ0) is 12.0. The number of aliphatic hydroxyl groups excluding tert-OH is 1. The van der Waals surface area contributed by atoms with Gasteiger partial charge in [0.25, 0.3) is 0 Å². The third kappa shape index (κ3) is 5.11. The van der Waals surface area contributed by atoms with Crippen LogP contribution < -0.4 is 10.2 Å². The number of hydrogen-bond donors (Lipinski definition) is 2. The maximum absolute atomic E-state index is 9.61. The molecule has 90 valence electrons. The highest BCUT2D eigenvalue weighted by Gasteiger charge is 2.05. The van der Waals surface area contributed by atoms with Gasteiger partial charge in [-0.3, -0.25) is 10.4 Å². The molecule has 0 amide bonds. The number of hydrazine groups is 1. The van der Waals surface area contributed by atoms with E-state index in [9.17, 15) is 5.11 Å². The van der Waals surface area contributed by atoms with Crippen LogP contribution in [0.15, 0.2) is 24.3 Å². The second kappa shape index (κ2) is 6.48. The lowest BCUT2D eigenvalue weighted by molar-refractivity contribution is 0.0884. The van der Waals surface area contributed by atoms with Gasteiger partial charge in [-0.25, -0.2) is 0 Å². The van der Waals surface area contributed by atoms with Crippen LogP contribution in [0.2, 0.25) is 0 Å². The van der Waals surface area contributed by atoms with Gasteiger partial charge in [0, 0.05) is 20.6 Å². The zero-order valence-corrected chi connectivity index (χ0v) is 10.1. The Bertz CT molecular complexity index is 316. The molecule has 1 rings (SSSR count). The Hall–Kier alpha value is -1.10. The van der Waals surface area contributed by atoms with E-state index in [0.717, 1.165) is 11.3 Å². The summed E-state index contributed by atoms with van der Waals surface area (Å²) in [6.45, 7) is 2.79. The number of hydrogen-bond acceptors (Lipinski definition) is 4. The summed E-state index contributed by atoms with van der Waals surface area (Å²) < 4.78 is 5.47. The number of nitrogens with one attached hydrogen (secondary N) is 1. The molecule has 0 aliphatic heterocycles. The summed E-state index contributed by atoms with van der Waals surface area (Å²) >= 11 is 0. The fourth-order valence-corrected chi connectivity index (χ4v) is 1.24. The van der Waals surface area contributed by atoms with Gasteiger partial charge in [0.05, 0.1) is 0 Å². The first-order valence-electron chi connectivity index (χ1n) is 5.36. The number of rotatable bonds is 6. The van der Waals surface area contributed by atoms with Crippen molar-refractivity contribution in [3.63, 3.8) is 0 Å². The van der Waals surface area contributed by atoms with Crippen LogP contribution in [0, 0.1) is 6.92 Å². The minimum atomic E-state index is -0.511. The van der Waals surface area contributed by atoms with E-state index in [0.29, 0.717) is 13.2 Å². The minimum Gasteiger partial charge on any atom is -0.491 e. The van der Waals surface area contributed by atoms with Gasteiger partial charge in [-0.2, -0.15) is 0 Å². The Morgan fingerprint density at radius 2 is 2.19 bits per heavy atom. The van der Waals surface area contributed by atoms with Crippen molar-refractivity contribution in [2.75, 3.05) is 27.2 Å². The van der Waals surface area contributed by atoms with E-state index in [-0.39, 0.29) is 0 Å². The standard InChI is InChI=1S/C12H20N2O2/c1-10-5-4-6-12(7-10)16-9-11(15)8-13-14(2)3/h4-7,11,13,15H,8-9H2,1-3H3. The van der Waals surface area contributed by atoms with Crippen molar-refractivity contribution in [3.8, 4) is 5.75 Å². The summed E-state index contributed by atoms with van der Waals surface area (Å²) in [5.41, 5.74) is 4.15. The maximum Gasteiger partial charge on any atom is 0.119 e. The first-order chi connectivity index (χ1) is 7.58. The molecule has 1 atom stereocenters. The van der Waals surface area contributed by atoms with Crippen LogP contribution in [0.4, 0.5) is 0 Å². The summed E-state index contributed by atoms with van der Waals surface area (Å²) in [5.74, 6) is 0.795. The van der Waals surface area contributed by atoms with Gasteiger partial charge in [0.15, 0.2) is 0 Å². The van der Waals surface area contributed by atoms with Crippen LogP contribution in [0.1, 0.15) is 5.56 Å². The van der Waals surface area contributed by atoms with E-state index in [4.69, 9.17) is 4.74 Å². The molecule has 1 aromatic rings. The molecule has 0 heterocycles. The van der Waals surface area contributed by atoms with Crippen molar-refractivity contribution in [1.82, 2.24) is 10.4 Å². The topological polar surface area (TPSA) is 44.7 Å². The number of aryl methyl sites for hydroxylation is 1. The van der Waals surface area contributed by atoms with Crippen molar-refractivity contribution in [2.24, 2.45) is 0 Å². The third-order valence-electron chi connectivity index (χ3n) is 2.08. The molecule has 16 heavy (non-hydrogen) atoms. The molecule has 0 bridgehead atoms. The predicted molar refractivity (Wildman–Crippen MR) is 64.4 cm³/mol. The monoisotopic (exact) mass is 224 g/mol. The van der Waals surface area contributed by atoms with Gasteiger partial charge < -0.3 is 9.84 Å². The van der Waals surface area contributed by atoms with Crippen molar-refractivity contribution in [1.29, 1.82) is 0 Å². The van der Waals surface area contributed by atoms with Crippen LogP contribution in [0.3, 0.4) is 0 Å². The van der Waals surface area contributed by atoms with Crippen LogP contribution in [-0.2, 0) is 0 Å². The highest BCUT2D eigenvalue weighted by atomic mass is 16.5. The minimum absolute atomic E-state index is 0.296. The molecule has 0 saturated carbocycles. The zero-order valence-electron chi connectivity index (χ0n) is 10.1. The quantitative estimate of drug-likeness (QED) is 0.702. The fourth-order valence-electron chi connectivity index (χ4n) is 1.24. The van der Waals surface area contributed by atoms with E-state index in [2.05, 4.69) is 5.43 Å². The Morgan fingerprint density at radius 1 is 1.44 bits per heavy atom. The molecule has 1 unspecified atom stereocenters. The Morgan fingerprint density at radius 3 is 2.81 bits per heavy atom. The fraction of sp³-hybridized carbons (Fsp3) is 0.500. The van der Waals surface area contributed by atoms with Gasteiger partial charge in [-0.05, 0) is 24.6 Å². The lowest BCUT2D eigenvalue weighted by Crippen LogP contribution is -2.39. The molecule has 1 aromatic carbocycles. The Balaban J connectivity index is 2.28. The largest absolute Gasteiger partial charge is 0.491 e. The normalized spacial score (nSPS) is 12.8. The average Bonchev–Trinajstić information content (AvgIpc) is 2.23. The number of ether oxygens (including phenoxy) is 1.